The monoisotopic (exact) mass is 420 g/mol. The number of nitrogens with zero attached hydrogens (tertiary/aromatic N) is 2. The van der Waals surface area contributed by atoms with Crippen molar-refractivity contribution in [1.82, 2.24) is 0 Å². The fourth-order valence-corrected chi connectivity index (χ4v) is 5.07. The Hall–Kier alpha value is -2.66. The molecule has 0 saturated heterocycles. The lowest BCUT2D eigenvalue weighted by Crippen LogP contribution is -2.24. The Morgan fingerprint density at radius 1 is 1.10 bits per heavy atom. The Balaban J connectivity index is 1.59. The van der Waals surface area contributed by atoms with E-state index in [9.17, 15) is 4.79 Å². The van der Waals surface area contributed by atoms with Gasteiger partial charge in [0.15, 0.2) is 0 Å². The Morgan fingerprint density at radius 3 is 2.60 bits per heavy atom. The molecule has 0 saturated carbocycles. The molecule has 156 valence electrons. The van der Waals surface area contributed by atoms with Gasteiger partial charge in [-0.15, -0.1) is 0 Å². The summed E-state index contributed by atoms with van der Waals surface area (Å²) in [6, 6.07) is 16.5. The number of hydrogen-bond donors (Lipinski definition) is 0. The second-order valence-electron chi connectivity index (χ2n) is 7.64. The van der Waals surface area contributed by atoms with Crippen molar-refractivity contribution in [2.75, 3.05) is 29.9 Å². The molecule has 4 nitrogen and oxygen atoms in total. The fourth-order valence-electron chi connectivity index (χ4n) is 3.89. The number of thioether (sulfide) groups is 1. The summed E-state index contributed by atoms with van der Waals surface area (Å²) in [6.07, 6.45) is 6.13. The standard InChI is InChI=1S/C25H28N2O2S/c1-4-14-27(15-5-2)20-12-10-18-16-19(25(28)29-22(18)17-20)11-13-24-26(3)21-8-6-7-9-23(21)30-24/h6-13,16-17,24H,4-5,14-15H2,1-3H3/b13-11+. The van der Waals surface area contributed by atoms with E-state index in [1.54, 1.807) is 11.8 Å². The summed E-state index contributed by atoms with van der Waals surface area (Å²) < 4.78 is 5.69. The van der Waals surface area contributed by atoms with Crippen LogP contribution in [-0.2, 0) is 0 Å². The number of benzene rings is 2. The smallest absolute Gasteiger partial charge is 0.343 e. The van der Waals surface area contributed by atoms with Crippen molar-refractivity contribution < 1.29 is 4.42 Å². The molecule has 30 heavy (non-hydrogen) atoms. The molecular formula is C25H28N2O2S. The highest BCUT2D eigenvalue weighted by molar-refractivity contribution is 8.00. The van der Waals surface area contributed by atoms with E-state index >= 15 is 0 Å². The number of anilines is 2. The summed E-state index contributed by atoms with van der Waals surface area (Å²) >= 11 is 1.79. The SMILES string of the molecule is CCCN(CCC)c1ccc2cc(/C=C/C3Sc4ccccc4N3C)c(=O)oc2c1. The van der Waals surface area contributed by atoms with Crippen LogP contribution in [0.25, 0.3) is 17.0 Å². The third-order valence-corrected chi connectivity index (χ3v) is 6.73. The van der Waals surface area contributed by atoms with Crippen LogP contribution in [0.2, 0.25) is 0 Å². The molecule has 0 spiro atoms. The third-order valence-electron chi connectivity index (χ3n) is 5.41. The van der Waals surface area contributed by atoms with Gasteiger partial charge in [0.1, 0.15) is 5.58 Å². The molecular weight excluding hydrogens is 392 g/mol. The molecule has 1 unspecified atom stereocenters. The van der Waals surface area contributed by atoms with E-state index < -0.39 is 0 Å². The lowest BCUT2D eigenvalue weighted by atomic mass is 10.1. The van der Waals surface area contributed by atoms with Crippen molar-refractivity contribution in [2.24, 2.45) is 0 Å². The van der Waals surface area contributed by atoms with Crippen LogP contribution in [0, 0.1) is 0 Å². The second kappa shape index (κ2) is 9.00. The summed E-state index contributed by atoms with van der Waals surface area (Å²) in [5, 5.41) is 1.11. The van der Waals surface area contributed by atoms with Crippen LogP contribution < -0.4 is 15.4 Å². The largest absolute Gasteiger partial charge is 0.422 e. The van der Waals surface area contributed by atoms with Gasteiger partial charge in [0.2, 0.25) is 0 Å². The molecule has 0 bridgehead atoms. The molecule has 0 N–H and O–H groups in total. The van der Waals surface area contributed by atoms with Crippen molar-refractivity contribution in [3.05, 3.63) is 70.6 Å². The first kappa shape index (κ1) is 20.6. The zero-order valence-electron chi connectivity index (χ0n) is 17.8. The minimum absolute atomic E-state index is 0.163. The molecule has 1 aliphatic heterocycles. The van der Waals surface area contributed by atoms with Gasteiger partial charge in [-0.2, -0.15) is 0 Å². The number of fused-ring (bicyclic) bond motifs is 2. The highest BCUT2D eigenvalue weighted by atomic mass is 32.2. The van der Waals surface area contributed by atoms with Crippen molar-refractivity contribution in [3.8, 4) is 0 Å². The zero-order valence-corrected chi connectivity index (χ0v) is 18.6. The summed E-state index contributed by atoms with van der Waals surface area (Å²) in [7, 11) is 2.08. The molecule has 5 heteroatoms. The van der Waals surface area contributed by atoms with Crippen molar-refractivity contribution >= 4 is 40.2 Å². The van der Waals surface area contributed by atoms with Gasteiger partial charge in [0.05, 0.1) is 16.6 Å². The van der Waals surface area contributed by atoms with E-state index in [1.807, 2.05) is 18.2 Å². The van der Waals surface area contributed by atoms with Gasteiger partial charge in [0.25, 0.3) is 0 Å². The highest BCUT2D eigenvalue weighted by Gasteiger charge is 2.24. The van der Waals surface area contributed by atoms with Crippen LogP contribution in [0.4, 0.5) is 11.4 Å². The lowest BCUT2D eigenvalue weighted by Gasteiger charge is -2.23. The highest BCUT2D eigenvalue weighted by Crippen LogP contribution is 2.42. The van der Waals surface area contributed by atoms with Crippen LogP contribution in [0.1, 0.15) is 32.3 Å². The lowest BCUT2D eigenvalue weighted by molar-refractivity contribution is 0.559. The molecule has 2 aromatic carbocycles. The zero-order chi connectivity index (χ0) is 21.1. The Morgan fingerprint density at radius 2 is 1.87 bits per heavy atom. The molecule has 0 aliphatic carbocycles. The first-order chi connectivity index (χ1) is 14.6. The minimum atomic E-state index is -0.295. The van der Waals surface area contributed by atoms with Gasteiger partial charge < -0.3 is 14.2 Å². The van der Waals surface area contributed by atoms with Crippen LogP contribution in [0.5, 0.6) is 0 Å². The second-order valence-corrected chi connectivity index (χ2v) is 8.80. The normalized spacial score (nSPS) is 15.8. The van der Waals surface area contributed by atoms with Crippen molar-refractivity contribution in [1.29, 1.82) is 0 Å². The maximum Gasteiger partial charge on any atom is 0.343 e. The molecule has 3 aromatic rings. The number of para-hydroxylation sites is 1. The van der Waals surface area contributed by atoms with E-state index in [1.165, 1.54) is 10.6 Å². The summed E-state index contributed by atoms with van der Waals surface area (Å²) in [5.41, 5.74) is 3.26. The Labute approximate surface area is 182 Å². The van der Waals surface area contributed by atoms with Gasteiger partial charge in [-0.25, -0.2) is 4.79 Å². The maximum absolute atomic E-state index is 12.6. The fraction of sp³-hybridized carbons (Fsp3) is 0.320. The topological polar surface area (TPSA) is 36.7 Å². The molecule has 1 aliphatic rings. The summed E-state index contributed by atoms with van der Waals surface area (Å²) in [4.78, 5) is 18.4. The van der Waals surface area contributed by atoms with Crippen LogP contribution >= 0.6 is 11.8 Å². The molecule has 0 fully saturated rings. The maximum atomic E-state index is 12.6. The van der Waals surface area contributed by atoms with Crippen LogP contribution in [0.3, 0.4) is 0 Å². The van der Waals surface area contributed by atoms with E-state index in [4.69, 9.17) is 4.42 Å². The Kier molecular flexibility index (Phi) is 6.18. The van der Waals surface area contributed by atoms with Crippen LogP contribution in [-0.4, -0.2) is 25.5 Å². The van der Waals surface area contributed by atoms with Gasteiger partial charge in [-0.3, -0.25) is 0 Å². The molecule has 1 aromatic heterocycles. The average Bonchev–Trinajstić information content (AvgIpc) is 3.07. The number of hydrogen-bond acceptors (Lipinski definition) is 5. The van der Waals surface area contributed by atoms with E-state index in [0.29, 0.717) is 11.1 Å². The van der Waals surface area contributed by atoms with Gasteiger partial charge in [0, 0.05) is 42.2 Å². The van der Waals surface area contributed by atoms with Gasteiger partial charge in [-0.05, 0) is 49.2 Å². The predicted octanol–water partition coefficient (Wildman–Crippen LogP) is 6.00. The third kappa shape index (κ3) is 4.12. The van der Waals surface area contributed by atoms with E-state index in [2.05, 4.69) is 73.2 Å². The number of likely N-dealkylation sites (N-methyl/N-ethyl adjacent to an activating group) is 1. The average molecular weight is 421 g/mol. The predicted molar refractivity (Wildman–Crippen MR) is 129 cm³/mol. The van der Waals surface area contributed by atoms with Crippen LogP contribution in [0.15, 0.2) is 68.7 Å². The van der Waals surface area contributed by atoms with Crippen molar-refractivity contribution in [3.63, 3.8) is 0 Å². The Bertz CT molecular complexity index is 1120. The molecule has 2 heterocycles. The molecule has 0 radical (unpaired) electrons. The van der Waals surface area contributed by atoms with E-state index in [0.717, 1.165) is 37.0 Å². The summed E-state index contributed by atoms with van der Waals surface area (Å²) in [6.45, 7) is 6.36. The molecule has 1 atom stereocenters. The quantitative estimate of drug-likeness (QED) is 0.438. The van der Waals surface area contributed by atoms with Crippen molar-refractivity contribution in [2.45, 2.75) is 37.0 Å². The van der Waals surface area contributed by atoms with E-state index in [-0.39, 0.29) is 11.0 Å². The number of rotatable bonds is 7. The van der Waals surface area contributed by atoms with Gasteiger partial charge >= 0.3 is 5.63 Å². The molecule has 4 rings (SSSR count). The first-order valence-electron chi connectivity index (χ1n) is 10.6. The minimum Gasteiger partial charge on any atom is -0.422 e. The summed E-state index contributed by atoms with van der Waals surface area (Å²) in [5.74, 6) is 0. The van der Waals surface area contributed by atoms with Gasteiger partial charge in [-0.1, -0.05) is 43.8 Å². The first-order valence-corrected chi connectivity index (χ1v) is 11.5. The molecule has 0 amide bonds.